The van der Waals surface area contributed by atoms with Crippen molar-refractivity contribution in [2.75, 3.05) is 27.3 Å². The summed E-state index contributed by atoms with van der Waals surface area (Å²) in [6.45, 7) is 1.73. The topological polar surface area (TPSA) is 45.7 Å². The van der Waals surface area contributed by atoms with E-state index in [1.54, 1.807) is 7.11 Å². The predicted octanol–water partition coefficient (Wildman–Crippen LogP) is 2.16. The van der Waals surface area contributed by atoms with Gasteiger partial charge in [-0.2, -0.15) is 0 Å². The van der Waals surface area contributed by atoms with E-state index in [-0.39, 0.29) is 0 Å². The summed E-state index contributed by atoms with van der Waals surface area (Å²) in [5.41, 5.74) is 0. The van der Waals surface area contributed by atoms with Gasteiger partial charge in [0, 0.05) is 33.4 Å². The zero-order chi connectivity index (χ0) is 13.5. The van der Waals surface area contributed by atoms with Gasteiger partial charge in [0.1, 0.15) is 0 Å². The first-order chi connectivity index (χ1) is 9.35. The van der Waals surface area contributed by atoms with E-state index in [2.05, 4.69) is 15.6 Å². The number of guanidine groups is 1. The number of hydrogen-bond acceptors (Lipinski definition) is 2. The molecule has 0 bridgehead atoms. The Bertz CT molecular complexity index is 287. The summed E-state index contributed by atoms with van der Waals surface area (Å²) in [6.07, 6.45) is 9.59. The van der Waals surface area contributed by atoms with Crippen molar-refractivity contribution in [1.29, 1.82) is 0 Å². The Morgan fingerprint density at radius 3 is 2.74 bits per heavy atom. The fraction of sp³-hybridized carbons (Fsp3) is 0.933. The third-order valence-electron chi connectivity index (χ3n) is 4.46. The molecule has 0 aromatic carbocycles. The molecule has 4 nitrogen and oxygen atoms in total. The monoisotopic (exact) mass is 267 g/mol. The molecule has 2 fully saturated rings. The molecule has 2 N–H and O–H groups in total. The lowest BCUT2D eigenvalue weighted by Gasteiger charge is -2.22. The van der Waals surface area contributed by atoms with Crippen LogP contribution in [0.5, 0.6) is 0 Å². The maximum absolute atomic E-state index is 5.05. The summed E-state index contributed by atoms with van der Waals surface area (Å²) in [5.74, 6) is 2.83. The van der Waals surface area contributed by atoms with Crippen LogP contribution in [0.1, 0.15) is 44.9 Å². The number of ether oxygens (including phenoxy) is 1. The van der Waals surface area contributed by atoms with Gasteiger partial charge in [-0.05, 0) is 24.7 Å². The maximum atomic E-state index is 5.05. The maximum Gasteiger partial charge on any atom is 0.191 e. The van der Waals surface area contributed by atoms with Crippen LogP contribution in [0.4, 0.5) is 0 Å². The summed E-state index contributed by atoms with van der Waals surface area (Å²) < 4.78 is 5.05. The van der Waals surface area contributed by atoms with Gasteiger partial charge >= 0.3 is 0 Å². The van der Waals surface area contributed by atoms with E-state index in [1.807, 2.05) is 7.05 Å². The smallest absolute Gasteiger partial charge is 0.191 e. The Hall–Kier alpha value is -0.770. The Morgan fingerprint density at radius 1 is 1.26 bits per heavy atom. The molecule has 2 aliphatic carbocycles. The van der Waals surface area contributed by atoms with Crippen molar-refractivity contribution in [3.63, 3.8) is 0 Å². The summed E-state index contributed by atoms with van der Waals surface area (Å²) >= 11 is 0. The molecule has 19 heavy (non-hydrogen) atoms. The second-order valence-electron chi connectivity index (χ2n) is 5.89. The molecule has 0 spiro atoms. The van der Waals surface area contributed by atoms with Crippen LogP contribution >= 0.6 is 0 Å². The van der Waals surface area contributed by atoms with Crippen molar-refractivity contribution in [3.8, 4) is 0 Å². The van der Waals surface area contributed by atoms with Crippen molar-refractivity contribution in [1.82, 2.24) is 10.6 Å². The van der Waals surface area contributed by atoms with E-state index in [0.717, 1.165) is 37.4 Å². The van der Waals surface area contributed by atoms with Gasteiger partial charge in [-0.15, -0.1) is 0 Å². The molecule has 0 amide bonds. The Balaban J connectivity index is 1.63. The third-order valence-corrected chi connectivity index (χ3v) is 4.46. The normalized spacial score (nSPS) is 28.2. The van der Waals surface area contributed by atoms with Crippen LogP contribution in [0, 0.1) is 11.8 Å². The van der Waals surface area contributed by atoms with Crippen molar-refractivity contribution in [2.45, 2.75) is 51.0 Å². The quantitative estimate of drug-likeness (QED) is 0.440. The zero-order valence-corrected chi connectivity index (χ0v) is 12.5. The highest BCUT2D eigenvalue weighted by Crippen LogP contribution is 2.44. The van der Waals surface area contributed by atoms with Gasteiger partial charge < -0.3 is 15.4 Å². The minimum absolute atomic E-state index is 0.664. The largest absolute Gasteiger partial charge is 0.385 e. The summed E-state index contributed by atoms with van der Waals surface area (Å²) in [4.78, 5) is 4.30. The summed E-state index contributed by atoms with van der Waals surface area (Å²) in [6, 6.07) is 0.664. The molecule has 0 aromatic rings. The molecule has 110 valence electrons. The minimum atomic E-state index is 0.664. The van der Waals surface area contributed by atoms with Crippen LogP contribution < -0.4 is 10.6 Å². The van der Waals surface area contributed by atoms with Gasteiger partial charge in [-0.3, -0.25) is 4.99 Å². The lowest BCUT2D eigenvalue weighted by molar-refractivity contribution is 0.195. The van der Waals surface area contributed by atoms with Crippen LogP contribution in [-0.2, 0) is 4.74 Å². The molecule has 4 heteroatoms. The molecule has 0 aliphatic heterocycles. The molecule has 2 saturated carbocycles. The molecular formula is C15H29N3O. The molecule has 0 saturated heterocycles. The molecule has 2 rings (SSSR count). The molecule has 2 aliphatic rings. The third kappa shape index (κ3) is 4.68. The van der Waals surface area contributed by atoms with Gasteiger partial charge in [0.2, 0.25) is 0 Å². The number of rotatable bonds is 6. The van der Waals surface area contributed by atoms with Gasteiger partial charge in [0.15, 0.2) is 5.96 Å². The second-order valence-corrected chi connectivity index (χ2v) is 5.89. The molecule has 0 heterocycles. The first kappa shape index (κ1) is 14.6. The highest BCUT2D eigenvalue weighted by Gasteiger charge is 2.43. The molecule has 0 aromatic heterocycles. The van der Waals surface area contributed by atoms with Gasteiger partial charge in [0.25, 0.3) is 0 Å². The Kier molecular flexibility index (Phi) is 5.95. The van der Waals surface area contributed by atoms with Crippen LogP contribution in [0.3, 0.4) is 0 Å². The average Bonchev–Trinajstić information content (AvgIpc) is 3.22. The molecule has 2 atom stereocenters. The van der Waals surface area contributed by atoms with E-state index < -0.39 is 0 Å². The highest BCUT2D eigenvalue weighted by molar-refractivity contribution is 5.80. The van der Waals surface area contributed by atoms with E-state index >= 15 is 0 Å². The van der Waals surface area contributed by atoms with Gasteiger partial charge in [-0.25, -0.2) is 0 Å². The van der Waals surface area contributed by atoms with Gasteiger partial charge in [0.05, 0.1) is 0 Å². The van der Waals surface area contributed by atoms with Crippen LogP contribution in [0.15, 0.2) is 4.99 Å². The minimum Gasteiger partial charge on any atom is -0.385 e. The van der Waals surface area contributed by atoms with E-state index in [4.69, 9.17) is 4.74 Å². The van der Waals surface area contributed by atoms with Crippen molar-refractivity contribution in [2.24, 2.45) is 16.8 Å². The number of nitrogens with one attached hydrogen (secondary N) is 2. The van der Waals surface area contributed by atoms with E-state index in [9.17, 15) is 0 Å². The van der Waals surface area contributed by atoms with Crippen LogP contribution in [0.2, 0.25) is 0 Å². The Labute approximate surface area is 117 Å². The fourth-order valence-electron chi connectivity index (χ4n) is 3.26. The fourth-order valence-corrected chi connectivity index (χ4v) is 3.26. The van der Waals surface area contributed by atoms with Crippen molar-refractivity contribution >= 4 is 5.96 Å². The Morgan fingerprint density at radius 2 is 2.05 bits per heavy atom. The number of nitrogens with zero attached hydrogens (tertiary/aromatic N) is 1. The van der Waals surface area contributed by atoms with Crippen LogP contribution in [0.25, 0.3) is 0 Å². The summed E-state index contributed by atoms with van der Waals surface area (Å²) in [7, 11) is 3.59. The lowest BCUT2D eigenvalue weighted by Crippen LogP contribution is -2.40. The molecule has 0 radical (unpaired) electrons. The standard InChI is InChI=1S/C15H29N3O/c1-16-15(17-9-6-10-19-2)18-14-11-13(14)12-7-4-3-5-8-12/h12-14H,3-11H2,1-2H3,(H2,16,17,18). The van der Waals surface area contributed by atoms with Gasteiger partial charge in [-0.1, -0.05) is 32.1 Å². The molecular weight excluding hydrogens is 238 g/mol. The number of methoxy groups -OCH3 is 1. The predicted molar refractivity (Wildman–Crippen MR) is 79.5 cm³/mol. The average molecular weight is 267 g/mol. The van der Waals surface area contributed by atoms with E-state index in [1.165, 1.54) is 38.5 Å². The first-order valence-electron chi connectivity index (χ1n) is 7.81. The highest BCUT2D eigenvalue weighted by atomic mass is 16.5. The van der Waals surface area contributed by atoms with E-state index in [0.29, 0.717) is 6.04 Å². The summed E-state index contributed by atoms with van der Waals surface area (Å²) in [5, 5.41) is 6.92. The second kappa shape index (κ2) is 7.73. The number of aliphatic imine (C=N–C) groups is 1. The van der Waals surface area contributed by atoms with Crippen LogP contribution in [-0.4, -0.2) is 39.3 Å². The molecule has 2 unspecified atom stereocenters. The van der Waals surface area contributed by atoms with Crippen molar-refractivity contribution in [3.05, 3.63) is 0 Å². The number of hydrogen-bond donors (Lipinski definition) is 2. The van der Waals surface area contributed by atoms with Crippen molar-refractivity contribution < 1.29 is 4.74 Å². The zero-order valence-electron chi connectivity index (χ0n) is 12.5. The first-order valence-corrected chi connectivity index (χ1v) is 7.81. The SMILES string of the molecule is CN=C(NCCCOC)NC1CC1C1CCCCC1. The lowest BCUT2D eigenvalue weighted by atomic mass is 9.85.